The predicted molar refractivity (Wildman–Crippen MR) is 116 cm³/mol. The molecular weight excluding hydrogens is 380 g/mol. The van der Waals surface area contributed by atoms with Crippen LogP contribution in [0.2, 0.25) is 0 Å². The minimum Gasteiger partial charge on any atom is -0.274 e. The Kier molecular flexibility index (Phi) is 4.46. The lowest BCUT2D eigenvalue weighted by Crippen LogP contribution is -2.33. The second-order valence-electron chi connectivity index (χ2n) is 8.77. The zero-order chi connectivity index (χ0) is 20.3. The predicted octanol–water partition coefficient (Wildman–Crippen LogP) is 5.24. The summed E-state index contributed by atoms with van der Waals surface area (Å²) in [6, 6.07) is 8.42. The maximum Gasteiger partial charge on any atom is 0.240 e. The Bertz CT molecular complexity index is 984. The average Bonchev–Trinajstić information content (AvgIpc) is 3.45. The van der Waals surface area contributed by atoms with Crippen molar-refractivity contribution in [3.05, 3.63) is 46.4 Å². The van der Waals surface area contributed by atoms with Crippen molar-refractivity contribution in [2.75, 3.05) is 4.90 Å². The van der Waals surface area contributed by atoms with Crippen molar-refractivity contribution in [2.24, 2.45) is 23.7 Å². The summed E-state index contributed by atoms with van der Waals surface area (Å²) in [6.07, 6.45) is 4.26. The van der Waals surface area contributed by atoms with Crippen LogP contribution in [0.1, 0.15) is 45.6 Å². The molecule has 1 aromatic heterocycles. The molecule has 2 aromatic rings. The van der Waals surface area contributed by atoms with Crippen LogP contribution >= 0.6 is 11.3 Å². The molecule has 4 nitrogen and oxygen atoms in total. The number of rotatable bonds is 4. The molecule has 2 saturated carbocycles. The monoisotopic (exact) mass is 406 g/mol. The lowest BCUT2D eigenvalue weighted by molar-refractivity contribution is -0.123. The van der Waals surface area contributed by atoms with Gasteiger partial charge in [0.25, 0.3) is 0 Å². The molecule has 2 bridgehead atoms. The fourth-order valence-corrected chi connectivity index (χ4v) is 6.65. The Morgan fingerprint density at radius 1 is 1.07 bits per heavy atom. The number of amides is 2. The number of aryl methyl sites for hydroxylation is 1. The van der Waals surface area contributed by atoms with Gasteiger partial charge >= 0.3 is 0 Å². The Morgan fingerprint density at radius 2 is 1.69 bits per heavy atom. The first-order chi connectivity index (χ1) is 14.0. The van der Waals surface area contributed by atoms with E-state index in [9.17, 15) is 9.59 Å². The topological polar surface area (TPSA) is 50.3 Å². The maximum absolute atomic E-state index is 13.3. The van der Waals surface area contributed by atoms with Gasteiger partial charge in [-0.3, -0.25) is 9.59 Å². The highest BCUT2D eigenvalue weighted by atomic mass is 32.1. The van der Waals surface area contributed by atoms with Crippen LogP contribution in [0.3, 0.4) is 0 Å². The van der Waals surface area contributed by atoms with Gasteiger partial charge < -0.3 is 0 Å². The van der Waals surface area contributed by atoms with Crippen LogP contribution < -0.4 is 4.90 Å². The lowest BCUT2D eigenvalue weighted by atomic mass is 9.81. The third-order valence-corrected chi connectivity index (χ3v) is 7.73. The third kappa shape index (κ3) is 2.74. The summed E-state index contributed by atoms with van der Waals surface area (Å²) in [5, 5.41) is 2.48. The minimum atomic E-state index is -0.174. The van der Waals surface area contributed by atoms with Crippen molar-refractivity contribution in [2.45, 2.75) is 46.5 Å². The molecule has 5 heteroatoms. The zero-order valence-corrected chi connectivity index (χ0v) is 18.0. The summed E-state index contributed by atoms with van der Waals surface area (Å²) in [5.74, 6) is 0.0814. The highest BCUT2D eigenvalue weighted by Gasteiger charge is 2.64. The fraction of sp³-hybridized carbons (Fsp3) is 0.458. The van der Waals surface area contributed by atoms with Crippen molar-refractivity contribution in [1.29, 1.82) is 0 Å². The molecule has 5 rings (SSSR count). The van der Waals surface area contributed by atoms with E-state index in [1.165, 1.54) is 32.9 Å². The van der Waals surface area contributed by atoms with E-state index in [-0.39, 0.29) is 35.5 Å². The third-order valence-electron chi connectivity index (χ3n) is 6.90. The van der Waals surface area contributed by atoms with E-state index in [1.807, 2.05) is 5.38 Å². The number of hydrogen-bond acceptors (Lipinski definition) is 4. The van der Waals surface area contributed by atoms with Crippen LogP contribution in [0.5, 0.6) is 0 Å². The number of benzene rings is 1. The molecular formula is C24H26N2O2S. The van der Waals surface area contributed by atoms with E-state index in [4.69, 9.17) is 0 Å². The zero-order valence-electron chi connectivity index (χ0n) is 17.1. The molecule has 4 atom stereocenters. The van der Waals surface area contributed by atoms with E-state index in [0.29, 0.717) is 5.13 Å². The molecule has 0 N–H and O–H groups in total. The smallest absolute Gasteiger partial charge is 0.240 e. The minimum absolute atomic E-state index is 0.0369. The van der Waals surface area contributed by atoms with Crippen molar-refractivity contribution in [3.8, 4) is 11.3 Å². The van der Waals surface area contributed by atoms with Crippen LogP contribution in [-0.2, 0) is 16.0 Å². The van der Waals surface area contributed by atoms with Gasteiger partial charge in [0, 0.05) is 10.9 Å². The molecule has 0 radical (unpaired) electrons. The molecule has 3 fully saturated rings. The molecule has 1 aromatic carbocycles. The SMILES string of the molecule is CCCc1ccc(-c2csc(N3C(=O)[C@@H]4[C@H](C3=O)[C@H]3CC[C@@H]4C3=C(C)C)n2)cc1. The molecule has 2 aliphatic carbocycles. The van der Waals surface area contributed by atoms with Crippen LogP contribution in [0.4, 0.5) is 5.13 Å². The van der Waals surface area contributed by atoms with Crippen molar-refractivity contribution in [1.82, 2.24) is 4.98 Å². The van der Waals surface area contributed by atoms with Gasteiger partial charge in [-0.15, -0.1) is 11.3 Å². The number of hydrogen-bond donors (Lipinski definition) is 0. The van der Waals surface area contributed by atoms with Gasteiger partial charge in [0.05, 0.1) is 17.5 Å². The highest BCUT2D eigenvalue weighted by molar-refractivity contribution is 7.14. The summed E-state index contributed by atoms with van der Waals surface area (Å²) >= 11 is 1.39. The van der Waals surface area contributed by atoms with Crippen molar-refractivity contribution in [3.63, 3.8) is 0 Å². The molecule has 150 valence electrons. The normalized spacial score (nSPS) is 27.8. The number of anilines is 1. The first-order valence-corrected chi connectivity index (χ1v) is 11.5. The maximum atomic E-state index is 13.3. The van der Waals surface area contributed by atoms with E-state index in [1.54, 1.807) is 0 Å². The quantitative estimate of drug-likeness (QED) is 0.515. The van der Waals surface area contributed by atoms with Crippen LogP contribution in [0.25, 0.3) is 11.3 Å². The van der Waals surface area contributed by atoms with Crippen molar-refractivity contribution < 1.29 is 9.59 Å². The van der Waals surface area contributed by atoms with E-state index in [0.717, 1.165) is 36.9 Å². The average molecular weight is 407 g/mol. The van der Waals surface area contributed by atoms with Crippen molar-refractivity contribution >= 4 is 28.3 Å². The number of fused-ring (bicyclic) bond motifs is 5. The molecule has 1 aliphatic heterocycles. The van der Waals surface area contributed by atoms with Gasteiger partial charge in [-0.05, 0) is 50.5 Å². The summed E-state index contributed by atoms with van der Waals surface area (Å²) in [5.41, 5.74) is 5.85. The van der Waals surface area contributed by atoms with Crippen LogP contribution in [-0.4, -0.2) is 16.8 Å². The molecule has 29 heavy (non-hydrogen) atoms. The number of aromatic nitrogens is 1. The number of carbonyl (C=O) groups is 2. The Balaban J connectivity index is 1.43. The number of nitrogens with zero attached hydrogens (tertiary/aromatic N) is 2. The van der Waals surface area contributed by atoms with Gasteiger partial charge in [-0.1, -0.05) is 48.8 Å². The van der Waals surface area contributed by atoms with E-state index < -0.39 is 0 Å². The summed E-state index contributed by atoms with van der Waals surface area (Å²) in [6.45, 7) is 6.41. The Morgan fingerprint density at radius 3 is 2.24 bits per heavy atom. The number of carbonyl (C=O) groups excluding carboxylic acids is 2. The number of allylic oxidation sites excluding steroid dienone is 2. The van der Waals surface area contributed by atoms with Crippen LogP contribution in [0, 0.1) is 23.7 Å². The summed E-state index contributed by atoms with van der Waals surface area (Å²) < 4.78 is 0. The van der Waals surface area contributed by atoms with E-state index in [2.05, 4.69) is 50.0 Å². The van der Waals surface area contributed by atoms with Gasteiger partial charge in [0.1, 0.15) is 0 Å². The first-order valence-electron chi connectivity index (χ1n) is 10.6. The Hall–Kier alpha value is -2.27. The Labute approximate surface area is 175 Å². The van der Waals surface area contributed by atoms with Gasteiger partial charge in [-0.2, -0.15) is 0 Å². The molecule has 2 heterocycles. The van der Waals surface area contributed by atoms with Gasteiger partial charge in [0.15, 0.2) is 5.13 Å². The van der Waals surface area contributed by atoms with Gasteiger partial charge in [0.2, 0.25) is 11.8 Å². The highest BCUT2D eigenvalue weighted by Crippen LogP contribution is 2.60. The number of thiazole rings is 1. The molecule has 1 saturated heterocycles. The second-order valence-corrected chi connectivity index (χ2v) is 9.61. The molecule has 2 amide bonds. The fourth-order valence-electron chi connectivity index (χ4n) is 5.81. The molecule has 0 unspecified atom stereocenters. The number of imide groups is 1. The summed E-state index contributed by atoms with van der Waals surface area (Å²) in [7, 11) is 0. The largest absolute Gasteiger partial charge is 0.274 e. The van der Waals surface area contributed by atoms with E-state index >= 15 is 0 Å². The first kappa shape index (κ1) is 18.7. The molecule has 0 spiro atoms. The lowest BCUT2D eigenvalue weighted by Gasteiger charge is -2.18. The van der Waals surface area contributed by atoms with Gasteiger partial charge in [-0.25, -0.2) is 9.88 Å². The second kappa shape index (κ2) is 6.91. The molecule has 3 aliphatic rings. The van der Waals surface area contributed by atoms with Crippen LogP contribution in [0.15, 0.2) is 40.8 Å². The standard InChI is InChI=1S/C24H26N2O2S/c1-4-5-14-6-8-15(9-7-14)18-12-29-24(25-18)26-22(27)20-16-10-11-17(19(16)13(2)3)21(20)23(26)28/h6-9,12,16-17,20-21H,4-5,10-11H2,1-3H3/t16-,17+,20+,21-. The summed E-state index contributed by atoms with van der Waals surface area (Å²) in [4.78, 5) is 32.6.